The van der Waals surface area contributed by atoms with E-state index in [0.29, 0.717) is 23.0 Å². The molecule has 0 amide bonds. The summed E-state index contributed by atoms with van der Waals surface area (Å²) in [4.78, 5) is 0. The van der Waals surface area contributed by atoms with Crippen molar-refractivity contribution in [1.82, 2.24) is 0 Å². The fourth-order valence-corrected chi connectivity index (χ4v) is 2.24. The van der Waals surface area contributed by atoms with Crippen molar-refractivity contribution in [2.75, 3.05) is 0 Å². The van der Waals surface area contributed by atoms with Gasteiger partial charge in [-0.25, -0.2) is 0 Å². The van der Waals surface area contributed by atoms with Gasteiger partial charge in [0.1, 0.15) is 23.0 Å². The van der Waals surface area contributed by atoms with E-state index in [1.54, 1.807) is 30.3 Å². The number of aromatic hydroxyl groups is 4. The minimum Gasteiger partial charge on any atom is -0.508 e. The molecule has 0 saturated carbocycles. The first kappa shape index (κ1) is 26.1. The Balaban J connectivity index is 0.000000213. The number of hydrogen-bond donors (Lipinski definition) is 4. The van der Waals surface area contributed by atoms with Gasteiger partial charge in [0.15, 0.2) is 0 Å². The molecule has 0 bridgehead atoms. The van der Waals surface area contributed by atoms with Crippen molar-refractivity contribution in [3.05, 3.63) is 119 Å². The predicted octanol–water partition coefficient (Wildman–Crippen LogP) is 6.80. The number of para-hydroxylation sites is 3. The van der Waals surface area contributed by atoms with Gasteiger partial charge < -0.3 is 20.4 Å². The van der Waals surface area contributed by atoms with Crippen LogP contribution in [0.25, 0.3) is 0 Å². The minimum absolute atomic E-state index is 0.329. The lowest BCUT2D eigenvalue weighted by atomic mass is 10.2. The lowest BCUT2D eigenvalue weighted by Gasteiger charge is -1.92. The van der Waals surface area contributed by atoms with Gasteiger partial charge in [-0.1, -0.05) is 72.3 Å². The molecule has 0 aromatic heterocycles. The van der Waals surface area contributed by atoms with Crippen molar-refractivity contribution in [3.8, 4) is 23.0 Å². The van der Waals surface area contributed by atoms with E-state index in [4.69, 9.17) is 20.4 Å². The molecule has 4 aromatic carbocycles. The zero-order valence-corrected chi connectivity index (χ0v) is 19.0. The number of aryl methyl sites for hydroxylation is 4. The Bertz CT molecular complexity index is 869. The smallest absolute Gasteiger partial charge is 0.118 e. The quantitative estimate of drug-likeness (QED) is 0.246. The maximum atomic E-state index is 8.92. The first-order valence-electron chi connectivity index (χ1n) is 10.2. The van der Waals surface area contributed by atoms with Crippen LogP contribution in [0.4, 0.5) is 0 Å². The van der Waals surface area contributed by atoms with Gasteiger partial charge in [0.25, 0.3) is 0 Å². The van der Waals surface area contributed by atoms with Crippen molar-refractivity contribution < 1.29 is 20.4 Å². The van der Waals surface area contributed by atoms with E-state index in [2.05, 4.69) is 0 Å². The molecule has 4 heteroatoms. The van der Waals surface area contributed by atoms with E-state index in [-0.39, 0.29) is 0 Å². The Morgan fingerprint density at radius 2 is 0.656 bits per heavy atom. The molecule has 4 aromatic rings. The van der Waals surface area contributed by atoms with Crippen molar-refractivity contribution >= 4 is 0 Å². The Labute approximate surface area is 190 Å². The average molecular weight is 433 g/mol. The first-order valence-corrected chi connectivity index (χ1v) is 10.2. The van der Waals surface area contributed by atoms with Gasteiger partial charge in [-0.05, 0) is 74.7 Å². The van der Waals surface area contributed by atoms with Crippen LogP contribution in [0, 0.1) is 27.7 Å². The summed E-state index contributed by atoms with van der Waals surface area (Å²) in [5.74, 6) is 1.43. The monoisotopic (exact) mass is 432 g/mol. The minimum atomic E-state index is 0.329. The topological polar surface area (TPSA) is 80.9 Å². The van der Waals surface area contributed by atoms with E-state index in [0.717, 1.165) is 16.7 Å². The van der Waals surface area contributed by atoms with Crippen molar-refractivity contribution in [3.63, 3.8) is 0 Å². The summed E-state index contributed by atoms with van der Waals surface area (Å²) in [7, 11) is 0. The van der Waals surface area contributed by atoms with Crippen LogP contribution in [0.2, 0.25) is 0 Å². The third kappa shape index (κ3) is 10.7. The molecule has 32 heavy (non-hydrogen) atoms. The van der Waals surface area contributed by atoms with Crippen LogP contribution in [-0.4, -0.2) is 20.4 Å². The Morgan fingerprint density at radius 3 is 0.844 bits per heavy atom. The molecule has 0 saturated heterocycles. The fourth-order valence-electron chi connectivity index (χ4n) is 2.24. The summed E-state index contributed by atoms with van der Waals surface area (Å²) in [6.45, 7) is 7.60. The normalized spacial score (nSPS) is 9.12. The second-order valence-corrected chi connectivity index (χ2v) is 7.20. The number of phenols is 4. The molecule has 0 atom stereocenters. The van der Waals surface area contributed by atoms with E-state index in [1.807, 2.05) is 94.4 Å². The highest BCUT2D eigenvalue weighted by Gasteiger charge is 1.88. The summed E-state index contributed by atoms with van der Waals surface area (Å²) in [6.07, 6.45) is 0. The molecule has 0 aliphatic rings. The van der Waals surface area contributed by atoms with Crippen LogP contribution < -0.4 is 0 Å². The molecule has 4 rings (SSSR count). The zero-order valence-electron chi connectivity index (χ0n) is 19.0. The Kier molecular flexibility index (Phi) is 11.5. The molecule has 0 fully saturated rings. The predicted molar refractivity (Wildman–Crippen MR) is 131 cm³/mol. The van der Waals surface area contributed by atoms with Gasteiger partial charge in [-0.3, -0.25) is 0 Å². The van der Waals surface area contributed by atoms with Crippen LogP contribution >= 0.6 is 0 Å². The third-order valence-electron chi connectivity index (χ3n) is 4.38. The SMILES string of the molecule is Cc1ccc(O)cc1.Cc1ccccc1O.Cc1ccccc1O.Cc1ccccc1O. The van der Waals surface area contributed by atoms with Crippen LogP contribution in [-0.2, 0) is 0 Å². The van der Waals surface area contributed by atoms with Crippen molar-refractivity contribution in [2.45, 2.75) is 27.7 Å². The van der Waals surface area contributed by atoms with Crippen LogP contribution in [0.1, 0.15) is 22.3 Å². The Hall–Kier alpha value is -3.92. The van der Waals surface area contributed by atoms with Gasteiger partial charge in [-0.2, -0.15) is 0 Å². The molecule has 0 aliphatic carbocycles. The van der Waals surface area contributed by atoms with Gasteiger partial charge in [0.05, 0.1) is 0 Å². The standard InChI is InChI=1S/4C7H8O/c1-6-2-4-7(8)5-3-6;3*1-6-4-2-3-5-7(6)8/h4*2-5,8H,1H3. The third-order valence-corrected chi connectivity index (χ3v) is 4.38. The molecule has 0 radical (unpaired) electrons. The molecular formula is C28H32O4. The fraction of sp³-hybridized carbons (Fsp3) is 0.143. The van der Waals surface area contributed by atoms with Gasteiger partial charge in [0, 0.05) is 0 Å². The van der Waals surface area contributed by atoms with Crippen LogP contribution in [0.15, 0.2) is 97.1 Å². The number of phenolic OH excluding ortho intramolecular Hbond substituents is 4. The molecule has 4 N–H and O–H groups in total. The highest BCUT2D eigenvalue weighted by Crippen LogP contribution is 2.13. The first-order chi connectivity index (χ1) is 15.2. The summed E-state index contributed by atoms with van der Waals surface area (Å²) < 4.78 is 0. The number of benzene rings is 4. The lowest BCUT2D eigenvalue weighted by Crippen LogP contribution is -1.68. The van der Waals surface area contributed by atoms with E-state index >= 15 is 0 Å². The largest absolute Gasteiger partial charge is 0.508 e. The van der Waals surface area contributed by atoms with Crippen molar-refractivity contribution in [1.29, 1.82) is 0 Å². The van der Waals surface area contributed by atoms with Gasteiger partial charge in [0.2, 0.25) is 0 Å². The maximum Gasteiger partial charge on any atom is 0.118 e. The number of rotatable bonds is 0. The second kappa shape index (κ2) is 14.1. The van der Waals surface area contributed by atoms with E-state index in [1.165, 1.54) is 5.56 Å². The maximum absolute atomic E-state index is 8.92. The summed E-state index contributed by atoms with van der Waals surface area (Å²) in [6, 6.07) is 28.8. The van der Waals surface area contributed by atoms with Crippen LogP contribution in [0.5, 0.6) is 23.0 Å². The summed E-state index contributed by atoms with van der Waals surface area (Å²) in [5, 5.41) is 35.5. The van der Waals surface area contributed by atoms with E-state index < -0.39 is 0 Å². The highest BCUT2D eigenvalue weighted by molar-refractivity contribution is 5.31. The molecule has 4 nitrogen and oxygen atoms in total. The molecule has 0 unspecified atom stereocenters. The average Bonchev–Trinajstić information content (AvgIpc) is 2.78. The molecular weight excluding hydrogens is 400 g/mol. The molecule has 0 heterocycles. The molecule has 0 spiro atoms. The highest BCUT2D eigenvalue weighted by atomic mass is 16.3. The molecule has 168 valence electrons. The van der Waals surface area contributed by atoms with Crippen LogP contribution in [0.3, 0.4) is 0 Å². The molecule has 0 aliphatic heterocycles. The lowest BCUT2D eigenvalue weighted by molar-refractivity contribution is 0.470. The summed E-state index contributed by atoms with van der Waals surface area (Å²) in [5.41, 5.74) is 3.94. The second-order valence-electron chi connectivity index (χ2n) is 7.20. The summed E-state index contributed by atoms with van der Waals surface area (Å²) >= 11 is 0. The Morgan fingerprint density at radius 1 is 0.375 bits per heavy atom. The number of hydrogen-bond acceptors (Lipinski definition) is 4. The van der Waals surface area contributed by atoms with E-state index in [9.17, 15) is 0 Å². The van der Waals surface area contributed by atoms with Gasteiger partial charge >= 0.3 is 0 Å². The van der Waals surface area contributed by atoms with Gasteiger partial charge in [-0.15, -0.1) is 0 Å². The van der Waals surface area contributed by atoms with Crippen molar-refractivity contribution in [2.24, 2.45) is 0 Å². The zero-order chi connectivity index (χ0) is 23.9.